The van der Waals surface area contributed by atoms with Crippen LogP contribution in [0.4, 0.5) is 16.2 Å². The van der Waals surface area contributed by atoms with Crippen LogP contribution in [0.3, 0.4) is 0 Å². The van der Waals surface area contributed by atoms with Gasteiger partial charge in [-0.05, 0) is 36.4 Å². The second-order valence-corrected chi connectivity index (χ2v) is 5.16. The molecule has 6 heteroatoms. The van der Waals surface area contributed by atoms with Crippen LogP contribution >= 0.6 is 0 Å². The Morgan fingerprint density at radius 1 is 1.13 bits per heavy atom. The topological polar surface area (TPSA) is 70.7 Å². The largest absolute Gasteiger partial charge is 0.497 e. The predicted molar refractivity (Wildman–Crippen MR) is 87.7 cm³/mol. The molecule has 0 spiro atoms. The highest BCUT2D eigenvalue weighted by Gasteiger charge is 2.38. The van der Waals surface area contributed by atoms with Gasteiger partial charge in [0.2, 0.25) is 0 Å². The van der Waals surface area contributed by atoms with Gasteiger partial charge < -0.3 is 20.3 Å². The molecule has 1 unspecified atom stereocenters. The van der Waals surface area contributed by atoms with Gasteiger partial charge in [-0.2, -0.15) is 0 Å². The fourth-order valence-corrected chi connectivity index (χ4v) is 2.37. The summed E-state index contributed by atoms with van der Waals surface area (Å²) in [4.78, 5) is 25.7. The Morgan fingerprint density at radius 3 is 2.43 bits per heavy atom. The number of amides is 3. The maximum absolute atomic E-state index is 12.1. The molecule has 0 aromatic heterocycles. The summed E-state index contributed by atoms with van der Waals surface area (Å²) in [6.07, 6.45) is 0. The summed E-state index contributed by atoms with van der Waals surface area (Å²) in [5, 5.41) is 5.36. The average Bonchev–Trinajstić information content (AvgIpc) is 2.59. The van der Waals surface area contributed by atoms with Crippen molar-refractivity contribution in [1.82, 2.24) is 5.32 Å². The van der Waals surface area contributed by atoms with Gasteiger partial charge in [-0.1, -0.05) is 18.2 Å². The number of urea groups is 1. The van der Waals surface area contributed by atoms with E-state index in [4.69, 9.17) is 4.74 Å². The van der Waals surface area contributed by atoms with Crippen molar-refractivity contribution in [1.29, 1.82) is 0 Å². The third-order valence-electron chi connectivity index (χ3n) is 3.65. The molecule has 0 aliphatic carbocycles. The number of hydrogen-bond acceptors (Lipinski definition) is 3. The first-order valence-corrected chi connectivity index (χ1v) is 7.25. The maximum atomic E-state index is 12.1. The molecule has 23 heavy (non-hydrogen) atoms. The van der Waals surface area contributed by atoms with E-state index < -0.39 is 12.1 Å². The lowest BCUT2D eigenvalue weighted by Gasteiger charge is -2.38. The van der Waals surface area contributed by atoms with Gasteiger partial charge in [0.1, 0.15) is 11.8 Å². The van der Waals surface area contributed by atoms with Crippen LogP contribution in [0, 0.1) is 0 Å². The number of methoxy groups -OCH3 is 1. The van der Waals surface area contributed by atoms with E-state index in [1.165, 1.54) is 0 Å². The van der Waals surface area contributed by atoms with Gasteiger partial charge in [0, 0.05) is 11.4 Å². The molecule has 2 N–H and O–H groups in total. The van der Waals surface area contributed by atoms with E-state index in [1.54, 1.807) is 36.3 Å². The first-order valence-electron chi connectivity index (χ1n) is 7.25. The Hall–Kier alpha value is -3.02. The summed E-state index contributed by atoms with van der Waals surface area (Å²) >= 11 is 0. The number of nitrogens with one attached hydrogen (secondary N) is 2. The van der Waals surface area contributed by atoms with E-state index >= 15 is 0 Å². The molecule has 0 radical (unpaired) electrons. The zero-order valence-electron chi connectivity index (χ0n) is 12.7. The van der Waals surface area contributed by atoms with Crippen molar-refractivity contribution in [2.45, 2.75) is 6.04 Å². The second kappa shape index (κ2) is 6.39. The summed E-state index contributed by atoms with van der Waals surface area (Å²) < 4.78 is 5.05. The molecule has 2 aromatic carbocycles. The summed E-state index contributed by atoms with van der Waals surface area (Å²) in [7, 11) is 1.58. The summed E-state index contributed by atoms with van der Waals surface area (Å²) in [6, 6.07) is 15.5. The van der Waals surface area contributed by atoms with Gasteiger partial charge in [-0.15, -0.1) is 0 Å². The molecule has 0 bridgehead atoms. The quantitative estimate of drug-likeness (QED) is 0.851. The molecule has 2 aromatic rings. The van der Waals surface area contributed by atoms with Crippen molar-refractivity contribution in [3.8, 4) is 5.75 Å². The van der Waals surface area contributed by atoms with Gasteiger partial charge in [-0.25, -0.2) is 4.79 Å². The molecule has 1 saturated heterocycles. The smallest absolute Gasteiger partial charge is 0.319 e. The minimum Gasteiger partial charge on any atom is -0.497 e. The van der Waals surface area contributed by atoms with Gasteiger partial charge in [0.25, 0.3) is 5.91 Å². The van der Waals surface area contributed by atoms with E-state index in [2.05, 4.69) is 10.6 Å². The van der Waals surface area contributed by atoms with Crippen LogP contribution in [0.25, 0.3) is 0 Å². The van der Waals surface area contributed by atoms with E-state index in [-0.39, 0.29) is 5.91 Å². The lowest BCUT2D eigenvalue weighted by Crippen LogP contribution is -2.64. The number of carbonyl (C=O) groups is 2. The maximum Gasteiger partial charge on any atom is 0.319 e. The van der Waals surface area contributed by atoms with Crippen LogP contribution in [-0.4, -0.2) is 31.6 Å². The van der Waals surface area contributed by atoms with Crippen LogP contribution in [0.15, 0.2) is 54.6 Å². The fraction of sp³-hybridized carbons (Fsp3) is 0.176. The number of anilines is 2. The van der Waals surface area contributed by atoms with Crippen molar-refractivity contribution in [2.24, 2.45) is 0 Å². The van der Waals surface area contributed by atoms with Gasteiger partial charge >= 0.3 is 6.03 Å². The molecule has 1 aliphatic rings. The Morgan fingerprint density at radius 2 is 1.83 bits per heavy atom. The van der Waals surface area contributed by atoms with Crippen molar-refractivity contribution in [3.05, 3.63) is 54.6 Å². The van der Waals surface area contributed by atoms with Crippen LogP contribution < -0.4 is 20.3 Å². The van der Waals surface area contributed by atoms with E-state index in [0.717, 1.165) is 5.69 Å². The highest BCUT2D eigenvalue weighted by molar-refractivity contribution is 6.06. The summed E-state index contributed by atoms with van der Waals surface area (Å²) in [5.74, 6) is 0.602. The van der Waals surface area contributed by atoms with Crippen LogP contribution in [0.2, 0.25) is 0 Å². The first kappa shape index (κ1) is 14.9. The lowest BCUT2D eigenvalue weighted by atomic mass is 10.1. The zero-order chi connectivity index (χ0) is 16.2. The van der Waals surface area contributed by atoms with E-state index in [1.807, 2.05) is 30.3 Å². The Bertz CT molecular complexity index is 701. The van der Waals surface area contributed by atoms with E-state index in [0.29, 0.717) is 18.0 Å². The van der Waals surface area contributed by atoms with Crippen molar-refractivity contribution >= 4 is 23.3 Å². The average molecular weight is 311 g/mol. The molecular formula is C17H17N3O3. The third-order valence-corrected chi connectivity index (χ3v) is 3.65. The molecular weight excluding hydrogens is 294 g/mol. The molecule has 3 amide bonds. The Kier molecular flexibility index (Phi) is 4.14. The monoisotopic (exact) mass is 311 g/mol. The summed E-state index contributed by atoms with van der Waals surface area (Å²) in [6.45, 7) is 0.471. The van der Waals surface area contributed by atoms with Crippen LogP contribution in [-0.2, 0) is 4.79 Å². The van der Waals surface area contributed by atoms with Crippen molar-refractivity contribution in [2.75, 3.05) is 23.9 Å². The number of benzene rings is 2. The van der Waals surface area contributed by atoms with Crippen LogP contribution in [0.1, 0.15) is 0 Å². The van der Waals surface area contributed by atoms with Gasteiger partial charge in [0.05, 0.1) is 13.7 Å². The first-order chi connectivity index (χ1) is 11.2. The van der Waals surface area contributed by atoms with E-state index in [9.17, 15) is 9.59 Å². The SMILES string of the molecule is COc1ccc(NC(=O)NC2CN(c3ccccc3)C2=O)cc1. The minimum absolute atomic E-state index is 0.110. The number of nitrogens with zero attached hydrogens (tertiary/aromatic N) is 1. The third kappa shape index (κ3) is 3.26. The highest BCUT2D eigenvalue weighted by atomic mass is 16.5. The van der Waals surface area contributed by atoms with Crippen molar-refractivity contribution < 1.29 is 14.3 Å². The molecule has 1 atom stereocenters. The standard InChI is InChI=1S/C17H17N3O3/c1-23-14-9-7-12(8-10-14)18-17(22)19-15-11-20(16(15)21)13-5-3-2-4-6-13/h2-10,15H,11H2,1H3,(H2,18,19,22). The fourth-order valence-electron chi connectivity index (χ4n) is 2.37. The number of β-lactam (4-membered cyclic amide) rings is 1. The van der Waals surface area contributed by atoms with Gasteiger partial charge in [-0.3, -0.25) is 4.79 Å². The Balaban J connectivity index is 1.52. The molecule has 1 fully saturated rings. The number of carbonyl (C=O) groups excluding carboxylic acids is 2. The lowest BCUT2D eigenvalue weighted by molar-refractivity contribution is -0.124. The normalized spacial score (nSPS) is 16.5. The summed E-state index contributed by atoms with van der Waals surface area (Å²) in [5.41, 5.74) is 1.47. The molecule has 6 nitrogen and oxygen atoms in total. The second-order valence-electron chi connectivity index (χ2n) is 5.16. The number of hydrogen-bond donors (Lipinski definition) is 2. The van der Waals surface area contributed by atoms with Gasteiger partial charge in [0.15, 0.2) is 0 Å². The molecule has 1 heterocycles. The number of para-hydroxylation sites is 1. The Labute approximate surface area is 134 Å². The number of rotatable bonds is 4. The minimum atomic E-state index is -0.492. The predicted octanol–water partition coefficient (Wildman–Crippen LogP) is 2.23. The molecule has 1 aliphatic heterocycles. The van der Waals surface area contributed by atoms with Crippen molar-refractivity contribution in [3.63, 3.8) is 0 Å². The molecule has 3 rings (SSSR count). The van der Waals surface area contributed by atoms with Crippen LogP contribution in [0.5, 0.6) is 5.75 Å². The highest BCUT2D eigenvalue weighted by Crippen LogP contribution is 2.21. The molecule has 118 valence electrons. The molecule has 0 saturated carbocycles. The zero-order valence-corrected chi connectivity index (χ0v) is 12.7. The number of ether oxygens (including phenoxy) is 1.